The first-order valence-electron chi connectivity index (χ1n) is 6.30. The van der Waals surface area contributed by atoms with Crippen LogP contribution in [-0.4, -0.2) is 46.3 Å². The summed E-state index contributed by atoms with van der Waals surface area (Å²) in [7, 11) is 1.78. The smallest absolute Gasteiger partial charge is 0.325 e. The minimum atomic E-state index is -0.434. The summed E-state index contributed by atoms with van der Waals surface area (Å²) >= 11 is 0. The van der Waals surface area contributed by atoms with E-state index in [1.807, 2.05) is 0 Å². The molecule has 0 aliphatic carbocycles. The second kappa shape index (κ2) is 7.93. The molecule has 0 fully saturated rings. The highest BCUT2D eigenvalue weighted by atomic mass is 16.5. The Morgan fingerprint density at radius 3 is 2.85 bits per heavy atom. The Kier molecular flexibility index (Phi) is 6.22. The summed E-state index contributed by atoms with van der Waals surface area (Å²) in [6, 6.07) is 1.78. The van der Waals surface area contributed by atoms with Crippen LogP contribution in [0.5, 0.6) is 0 Å². The molecule has 0 unspecified atom stereocenters. The number of aromatic nitrogens is 2. The molecule has 0 spiro atoms. The lowest BCUT2D eigenvalue weighted by Gasteiger charge is -2.18. The Bertz CT molecular complexity index is 506. The highest BCUT2D eigenvalue weighted by Crippen LogP contribution is 2.01. The minimum absolute atomic E-state index is 0.0889. The summed E-state index contributed by atoms with van der Waals surface area (Å²) in [4.78, 5) is 24.8. The van der Waals surface area contributed by atoms with Crippen molar-refractivity contribution in [3.63, 3.8) is 0 Å². The van der Waals surface area contributed by atoms with Crippen LogP contribution in [0, 0.1) is 0 Å². The molecule has 0 saturated carbocycles. The van der Waals surface area contributed by atoms with Gasteiger partial charge in [-0.05, 0) is 19.1 Å². The number of ether oxygens (including phenoxy) is 1. The Hall–Kier alpha value is -2.37. The van der Waals surface area contributed by atoms with Crippen molar-refractivity contribution in [2.75, 3.05) is 19.7 Å². The number of hydrogen-bond donors (Lipinski definition) is 0. The van der Waals surface area contributed by atoms with Crippen molar-refractivity contribution in [1.82, 2.24) is 14.7 Å². The number of rotatable bonds is 7. The van der Waals surface area contributed by atoms with E-state index in [1.54, 1.807) is 43.1 Å². The lowest BCUT2D eigenvalue weighted by Crippen LogP contribution is -2.35. The lowest BCUT2D eigenvalue weighted by atomic mass is 10.3. The van der Waals surface area contributed by atoms with Gasteiger partial charge in [0.15, 0.2) is 0 Å². The van der Waals surface area contributed by atoms with Gasteiger partial charge < -0.3 is 9.64 Å². The standard InChI is InChI=1S/C14H19N3O3/c1-4-10-17(11-14(19)20-5-2)13(18)7-6-12-8-9-15-16(12)3/h4,6-9H,1,5,10-11H2,2-3H3/b7-6+. The topological polar surface area (TPSA) is 64.4 Å². The van der Waals surface area contributed by atoms with Crippen LogP contribution in [0.1, 0.15) is 12.6 Å². The van der Waals surface area contributed by atoms with Gasteiger partial charge in [-0.25, -0.2) is 0 Å². The average Bonchev–Trinajstić information content (AvgIpc) is 2.81. The number of esters is 1. The van der Waals surface area contributed by atoms with E-state index in [0.29, 0.717) is 6.61 Å². The summed E-state index contributed by atoms with van der Waals surface area (Å²) in [5.74, 6) is -0.712. The van der Waals surface area contributed by atoms with Gasteiger partial charge in [0.25, 0.3) is 0 Å². The molecular formula is C14H19N3O3. The summed E-state index contributed by atoms with van der Waals surface area (Å²) in [6.45, 7) is 5.79. The normalized spacial score (nSPS) is 10.5. The zero-order valence-electron chi connectivity index (χ0n) is 11.8. The minimum Gasteiger partial charge on any atom is -0.465 e. The Balaban J connectivity index is 2.68. The van der Waals surface area contributed by atoms with Crippen molar-refractivity contribution >= 4 is 18.0 Å². The van der Waals surface area contributed by atoms with Gasteiger partial charge in [0.05, 0.1) is 12.3 Å². The van der Waals surface area contributed by atoms with Gasteiger partial charge in [-0.15, -0.1) is 6.58 Å². The van der Waals surface area contributed by atoms with Crippen LogP contribution in [0.4, 0.5) is 0 Å². The number of carbonyl (C=O) groups is 2. The third-order valence-electron chi connectivity index (χ3n) is 2.54. The van der Waals surface area contributed by atoms with Gasteiger partial charge in [-0.1, -0.05) is 6.08 Å². The fraction of sp³-hybridized carbons (Fsp3) is 0.357. The van der Waals surface area contributed by atoms with Gasteiger partial charge >= 0.3 is 5.97 Å². The second-order valence-electron chi connectivity index (χ2n) is 4.03. The van der Waals surface area contributed by atoms with Crippen LogP contribution in [0.3, 0.4) is 0 Å². The third-order valence-corrected chi connectivity index (χ3v) is 2.54. The first-order valence-corrected chi connectivity index (χ1v) is 6.30. The Labute approximate surface area is 118 Å². The van der Waals surface area contributed by atoms with Crippen LogP contribution >= 0.6 is 0 Å². The quantitative estimate of drug-likeness (QED) is 0.424. The average molecular weight is 277 g/mol. The molecule has 1 amide bonds. The SMILES string of the molecule is C=CCN(CC(=O)OCC)C(=O)/C=C/c1ccnn1C. The largest absolute Gasteiger partial charge is 0.465 e. The highest BCUT2D eigenvalue weighted by molar-refractivity contribution is 5.93. The number of amides is 1. The molecule has 1 aromatic rings. The molecule has 6 nitrogen and oxygen atoms in total. The van der Waals surface area contributed by atoms with Gasteiger partial charge in [-0.3, -0.25) is 14.3 Å². The first-order chi connectivity index (χ1) is 9.58. The molecule has 20 heavy (non-hydrogen) atoms. The van der Waals surface area contributed by atoms with Gasteiger partial charge in [0, 0.05) is 25.9 Å². The molecule has 0 atom stereocenters. The molecule has 1 rings (SSSR count). The summed E-state index contributed by atoms with van der Waals surface area (Å²) in [6.07, 6.45) is 6.26. The Morgan fingerprint density at radius 1 is 1.55 bits per heavy atom. The van der Waals surface area contributed by atoms with Crippen molar-refractivity contribution in [1.29, 1.82) is 0 Å². The summed E-state index contributed by atoms with van der Waals surface area (Å²) in [5.41, 5.74) is 0.799. The predicted molar refractivity (Wildman–Crippen MR) is 75.7 cm³/mol. The molecule has 0 radical (unpaired) electrons. The van der Waals surface area contributed by atoms with Gasteiger partial charge in [0.2, 0.25) is 5.91 Å². The van der Waals surface area contributed by atoms with E-state index in [1.165, 1.54) is 11.0 Å². The molecule has 0 bridgehead atoms. The fourth-order valence-electron chi connectivity index (χ4n) is 1.56. The van der Waals surface area contributed by atoms with Crippen molar-refractivity contribution in [2.45, 2.75) is 6.92 Å². The molecule has 0 aliphatic rings. The molecule has 0 saturated heterocycles. The van der Waals surface area contributed by atoms with Crippen LogP contribution in [0.15, 0.2) is 31.0 Å². The predicted octanol–water partition coefficient (Wildman–Crippen LogP) is 1.01. The van der Waals surface area contributed by atoms with Crippen molar-refractivity contribution in [2.24, 2.45) is 7.05 Å². The molecule has 0 aromatic carbocycles. The molecule has 108 valence electrons. The number of hydrogen-bond acceptors (Lipinski definition) is 4. The maximum Gasteiger partial charge on any atom is 0.325 e. The molecule has 0 N–H and O–H groups in total. The zero-order chi connectivity index (χ0) is 15.0. The van der Waals surface area contributed by atoms with E-state index >= 15 is 0 Å². The fourth-order valence-corrected chi connectivity index (χ4v) is 1.56. The van der Waals surface area contributed by atoms with Gasteiger partial charge in [0.1, 0.15) is 6.54 Å². The maximum absolute atomic E-state index is 12.0. The maximum atomic E-state index is 12.0. The zero-order valence-corrected chi connectivity index (χ0v) is 11.8. The summed E-state index contributed by atoms with van der Waals surface area (Å²) in [5, 5.41) is 4.00. The van der Waals surface area contributed by atoms with Crippen molar-refractivity contribution < 1.29 is 14.3 Å². The molecule has 6 heteroatoms. The van der Waals surface area contributed by atoms with Crippen molar-refractivity contribution in [3.8, 4) is 0 Å². The lowest BCUT2D eigenvalue weighted by molar-refractivity contribution is -0.147. The summed E-state index contributed by atoms with van der Waals surface area (Å²) < 4.78 is 6.48. The van der Waals surface area contributed by atoms with E-state index in [0.717, 1.165) is 5.69 Å². The third kappa shape index (κ3) is 4.72. The van der Waals surface area contributed by atoms with Crippen molar-refractivity contribution in [3.05, 3.63) is 36.7 Å². The molecular weight excluding hydrogens is 258 g/mol. The Morgan fingerprint density at radius 2 is 2.30 bits per heavy atom. The second-order valence-corrected chi connectivity index (χ2v) is 4.03. The molecule has 1 aromatic heterocycles. The van der Waals surface area contributed by atoms with E-state index in [9.17, 15) is 9.59 Å². The molecule has 0 aliphatic heterocycles. The van der Waals surface area contributed by atoms with E-state index in [2.05, 4.69) is 11.7 Å². The number of nitrogens with zero attached hydrogens (tertiary/aromatic N) is 3. The van der Waals surface area contributed by atoms with Crippen LogP contribution in [-0.2, 0) is 21.4 Å². The number of carbonyl (C=O) groups excluding carboxylic acids is 2. The highest BCUT2D eigenvalue weighted by Gasteiger charge is 2.14. The van der Waals surface area contributed by atoms with Gasteiger partial charge in [-0.2, -0.15) is 5.10 Å². The van der Waals surface area contributed by atoms with E-state index < -0.39 is 5.97 Å². The number of aryl methyl sites for hydroxylation is 1. The van der Waals surface area contributed by atoms with Crippen LogP contribution in [0.25, 0.3) is 6.08 Å². The van der Waals surface area contributed by atoms with Crippen LogP contribution in [0.2, 0.25) is 0 Å². The first kappa shape index (κ1) is 15.7. The monoisotopic (exact) mass is 277 g/mol. The van der Waals surface area contributed by atoms with Crippen LogP contribution < -0.4 is 0 Å². The van der Waals surface area contributed by atoms with E-state index in [-0.39, 0.29) is 19.0 Å². The molecule has 1 heterocycles. The van der Waals surface area contributed by atoms with E-state index in [4.69, 9.17) is 4.74 Å².